The second kappa shape index (κ2) is 5.02. The second-order valence-electron chi connectivity index (χ2n) is 5.86. The Balaban J connectivity index is 1.84. The van der Waals surface area contributed by atoms with Crippen molar-refractivity contribution in [2.45, 2.75) is 25.2 Å². The van der Waals surface area contributed by atoms with Crippen molar-refractivity contribution >= 4 is 11.0 Å². The first-order valence-corrected chi connectivity index (χ1v) is 7.55. The summed E-state index contributed by atoms with van der Waals surface area (Å²) in [7, 11) is 0. The molecule has 1 fully saturated rings. The molecule has 0 atom stereocenters. The minimum atomic E-state index is -0.457. The number of para-hydroxylation sites is 1. The molecule has 4 rings (SSSR count). The van der Waals surface area contributed by atoms with E-state index in [4.69, 9.17) is 4.42 Å². The molecule has 0 unspecified atom stereocenters. The van der Waals surface area contributed by atoms with Gasteiger partial charge in [0.15, 0.2) is 0 Å². The molecule has 3 aromatic rings. The molecule has 1 saturated carbocycles. The van der Waals surface area contributed by atoms with Gasteiger partial charge in [-0.3, -0.25) is 0 Å². The average Bonchev–Trinajstić information content (AvgIpc) is 3.37. The fraction of sp³-hybridized carbons (Fsp3) is 0.211. The highest BCUT2D eigenvalue weighted by Crippen LogP contribution is 2.42. The summed E-state index contributed by atoms with van der Waals surface area (Å²) in [5.41, 5.74) is 2.69. The first kappa shape index (κ1) is 13.1. The fourth-order valence-electron chi connectivity index (χ4n) is 3.01. The van der Waals surface area contributed by atoms with Gasteiger partial charge < -0.3 is 9.52 Å². The monoisotopic (exact) mass is 292 g/mol. The number of rotatable bonds is 3. The van der Waals surface area contributed by atoms with Gasteiger partial charge in [-0.25, -0.2) is 4.79 Å². The Hall–Kier alpha value is -2.55. The largest absolute Gasteiger partial charge is 0.507 e. The lowest BCUT2D eigenvalue weighted by molar-refractivity contribution is 0.458. The first-order valence-electron chi connectivity index (χ1n) is 7.55. The summed E-state index contributed by atoms with van der Waals surface area (Å²) in [5.74, 6) is 0.642. The van der Waals surface area contributed by atoms with Gasteiger partial charge in [-0.15, -0.1) is 0 Å². The van der Waals surface area contributed by atoms with E-state index in [-0.39, 0.29) is 5.75 Å². The molecule has 1 N–H and O–H groups in total. The topological polar surface area (TPSA) is 50.4 Å². The Morgan fingerprint density at radius 2 is 1.77 bits per heavy atom. The zero-order valence-corrected chi connectivity index (χ0v) is 12.1. The van der Waals surface area contributed by atoms with Crippen molar-refractivity contribution < 1.29 is 9.52 Å². The molecule has 22 heavy (non-hydrogen) atoms. The van der Waals surface area contributed by atoms with Crippen molar-refractivity contribution in [1.82, 2.24) is 0 Å². The first-order chi connectivity index (χ1) is 10.7. The Kier molecular flexibility index (Phi) is 3.00. The number of aromatic hydroxyl groups is 1. The van der Waals surface area contributed by atoms with Crippen LogP contribution in [0.4, 0.5) is 0 Å². The van der Waals surface area contributed by atoms with Crippen LogP contribution in [0.2, 0.25) is 0 Å². The SMILES string of the molecule is O=c1oc2ccccc2c(O)c1Cc1ccccc1C1CC1. The second-order valence-corrected chi connectivity index (χ2v) is 5.86. The highest BCUT2D eigenvalue weighted by atomic mass is 16.4. The van der Waals surface area contributed by atoms with Crippen LogP contribution in [0.5, 0.6) is 5.75 Å². The molecule has 2 aromatic carbocycles. The van der Waals surface area contributed by atoms with Crippen LogP contribution in [0.15, 0.2) is 57.7 Å². The van der Waals surface area contributed by atoms with Gasteiger partial charge in [0.05, 0.1) is 10.9 Å². The number of hydrogen-bond acceptors (Lipinski definition) is 3. The summed E-state index contributed by atoms with van der Waals surface area (Å²) in [5, 5.41) is 11.1. The van der Waals surface area contributed by atoms with Crippen LogP contribution in [0.1, 0.15) is 35.4 Å². The van der Waals surface area contributed by atoms with Crippen molar-refractivity contribution in [3.63, 3.8) is 0 Å². The maximum atomic E-state index is 12.2. The third-order valence-electron chi connectivity index (χ3n) is 4.32. The predicted octanol–water partition coefficient (Wildman–Crippen LogP) is 3.97. The van der Waals surface area contributed by atoms with E-state index in [1.54, 1.807) is 18.2 Å². The van der Waals surface area contributed by atoms with E-state index in [2.05, 4.69) is 6.07 Å². The molecule has 0 spiro atoms. The van der Waals surface area contributed by atoms with E-state index >= 15 is 0 Å². The summed E-state index contributed by atoms with van der Waals surface area (Å²) >= 11 is 0. The third-order valence-corrected chi connectivity index (χ3v) is 4.32. The molecule has 1 aromatic heterocycles. The summed E-state index contributed by atoms with van der Waals surface area (Å²) < 4.78 is 5.35. The average molecular weight is 292 g/mol. The molecule has 1 aliphatic rings. The molecule has 3 heteroatoms. The van der Waals surface area contributed by atoms with E-state index < -0.39 is 5.63 Å². The lowest BCUT2D eigenvalue weighted by Crippen LogP contribution is -2.09. The molecule has 110 valence electrons. The van der Waals surface area contributed by atoms with Gasteiger partial charge in [0.2, 0.25) is 0 Å². The zero-order valence-electron chi connectivity index (χ0n) is 12.1. The molecule has 0 saturated heterocycles. The van der Waals surface area contributed by atoms with Crippen LogP contribution >= 0.6 is 0 Å². The maximum Gasteiger partial charge on any atom is 0.343 e. The standard InChI is InChI=1S/C19H16O3/c20-18-15-7-3-4-8-17(15)22-19(21)16(18)11-13-5-1-2-6-14(13)12-9-10-12/h1-8,12,20H,9-11H2. The van der Waals surface area contributed by atoms with E-state index in [1.165, 1.54) is 18.4 Å². The van der Waals surface area contributed by atoms with Crippen LogP contribution in [-0.2, 0) is 6.42 Å². The Labute approximate surface area is 127 Å². The van der Waals surface area contributed by atoms with E-state index in [9.17, 15) is 9.90 Å². The molecule has 0 amide bonds. The van der Waals surface area contributed by atoms with Gasteiger partial charge in [0.25, 0.3) is 0 Å². The van der Waals surface area contributed by atoms with Crippen molar-refractivity contribution in [1.29, 1.82) is 0 Å². The van der Waals surface area contributed by atoms with Crippen molar-refractivity contribution in [2.24, 2.45) is 0 Å². The highest BCUT2D eigenvalue weighted by Gasteiger charge is 2.26. The normalized spacial score (nSPS) is 14.4. The smallest absolute Gasteiger partial charge is 0.343 e. The van der Waals surface area contributed by atoms with E-state index in [1.807, 2.05) is 24.3 Å². The summed E-state index contributed by atoms with van der Waals surface area (Å²) in [4.78, 5) is 12.2. The van der Waals surface area contributed by atoms with Crippen molar-refractivity contribution in [2.75, 3.05) is 0 Å². The number of hydrogen-bond donors (Lipinski definition) is 1. The Morgan fingerprint density at radius 3 is 2.59 bits per heavy atom. The molecule has 1 aliphatic carbocycles. The molecule has 0 bridgehead atoms. The van der Waals surface area contributed by atoms with Crippen LogP contribution in [-0.4, -0.2) is 5.11 Å². The Morgan fingerprint density at radius 1 is 1.05 bits per heavy atom. The van der Waals surface area contributed by atoms with Crippen molar-refractivity contribution in [3.8, 4) is 5.75 Å². The molecular weight excluding hydrogens is 276 g/mol. The maximum absolute atomic E-state index is 12.2. The van der Waals surface area contributed by atoms with Crippen LogP contribution in [0.3, 0.4) is 0 Å². The van der Waals surface area contributed by atoms with Crippen LogP contribution < -0.4 is 5.63 Å². The third kappa shape index (κ3) is 2.19. The van der Waals surface area contributed by atoms with Crippen molar-refractivity contribution in [3.05, 3.63) is 75.6 Å². The van der Waals surface area contributed by atoms with Gasteiger partial charge in [-0.05, 0) is 42.0 Å². The Bertz CT molecular complexity index is 904. The molecule has 0 radical (unpaired) electrons. The highest BCUT2D eigenvalue weighted by molar-refractivity contribution is 5.84. The van der Waals surface area contributed by atoms with Gasteiger partial charge in [0.1, 0.15) is 11.3 Å². The lowest BCUT2D eigenvalue weighted by atomic mass is 9.97. The minimum Gasteiger partial charge on any atom is -0.507 e. The van der Waals surface area contributed by atoms with Crippen LogP contribution in [0.25, 0.3) is 11.0 Å². The summed E-state index contributed by atoms with van der Waals surface area (Å²) in [6.45, 7) is 0. The van der Waals surface area contributed by atoms with Gasteiger partial charge in [-0.1, -0.05) is 36.4 Å². The number of benzene rings is 2. The molecular formula is C19H16O3. The van der Waals surface area contributed by atoms with Gasteiger partial charge >= 0.3 is 5.63 Å². The zero-order chi connectivity index (χ0) is 15.1. The fourth-order valence-corrected chi connectivity index (χ4v) is 3.01. The lowest BCUT2D eigenvalue weighted by Gasteiger charge is -2.10. The quantitative estimate of drug-likeness (QED) is 0.743. The van der Waals surface area contributed by atoms with Gasteiger partial charge in [-0.2, -0.15) is 0 Å². The predicted molar refractivity (Wildman–Crippen MR) is 85.4 cm³/mol. The summed E-state index contributed by atoms with van der Waals surface area (Å²) in [6, 6.07) is 15.2. The number of fused-ring (bicyclic) bond motifs is 1. The molecule has 0 aliphatic heterocycles. The van der Waals surface area contributed by atoms with E-state index in [0.717, 1.165) is 5.56 Å². The minimum absolute atomic E-state index is 0.0393. The van der Waals surface area contributed by atoms with Crippen LogP contribution in [0, 0.1) is 0 Å². The van der Waals surface area contributed by atoms with E-state index in [0.29, 0.717) is 28.9 Å². The molecule has 3 nitrogen and oxygen atoms in total. The van der Waals surface area contributed by atoms with Gasteiger partial charge in [0, 0.05) is 6.42 Å². The molecule has 1 heterocycles. The summed E-state index contributed by atoms with van der Waals surface area (Å²) in [6.07, 6.45) is 2.82.